The normalized spacial score (nSPS) is 10.9. The van der Waals surface area contributed by atoms with Crippen LogP contribution in [0.15, 0.2) is 30.3 Å². The fourth-order valence-electron chi connectivity index (χ4n) is 2.26. The maximum Gasteiger partial charge on any atom is 0.232 e. The second kappa shape index (κ2) is 7.67. The minimum atomic E-state index is -0.725. The van der Waals surface area contributed by atoms with E-state index in [4.69, 9.17) is 17.3 Å². The van der Waals surface area contributed by atoms with Gasteiger partial charge in [0.15, 0.2) is 5.82 Å². The lowest BCUT2D eigenvalue weighted by molar-refractivity contribution is 0.584. The number of nitrogen functional groups attached to an aromatic ring is 1. The molecular weight excluding hydrogens is 376 g/mol. The molecule has 0 aliphatic heterocycles. The van der Waals surface area contributed by atoms with Gasteiger partial charge in [0.25, 0.3) is 0 Å². The monoisotopic (exact) mass is 391 g/mol. The SMILES string of the molecule is CC(C)Nc1nc(Nc2cc(F)cc(F)c2)nc(-c2cc(Cl)cc(N)n2)n1. The summed E-state index contributed by atoms with van der Waals surface area (Å²) in [5, 5.41) is 6.19. The number of hydrogen-bond acceptors (Lipinski definition) is 7. The smallest absolute Gasteiger partial charge is 0.232 e. The molecule has 0 fully saturated rings. The molecule has 7 nitrogen and oxygen atoms in total. The number of anilines is 4. The van der Waals surface area contributed by atoms with Crippen LogP contribution in [0.1, 0.15) is 13.8 Å². The van der Waals surface area contributed by atoms with Crippen LogP contribution in [-0.4, -0.2) is 26.0 Å². The zero-order chi connectivity index (χ0) is 19.6. The molecule has 0 unspecified atom stereocenters. The van der Waals surface area contributed by atoms with Gasteiger partial charge in [-0.3, -0.25) is 0 Å². The minimum Gasteiger partial charge on any atom is -0.384 e. The molecule has 2 heterocycles. The van der Waals surface area contributed by atoms with E-state index >= 15 is 0 Å². The summed E-state index contributed by atoms with van der Waals surface area (Å²) in [6.07, 6.45) is 0. The lowest BCUT2D eigenvalue weighted by Gasteiger charge is -2.12. The van der Waals surface area contributed by atoms with E-state index in [0.29, 0.717) is 10.7 Å². The highest BCUT2D eigenvalue weighted by Gasteiger charge is 2.13. The molecule has 0 bridgehead atoms. The van der Waals surface area contributed by atoms with E-state index in [9.17, 15) is 8.78 Å². The molecule has 3 rings (SSSR count). The van der Waals surface area contributed by atoms with E-state index in [1.807, 2.05) is 13.8 Å². The maximum atomic E-state index is 13.4. The Morgan fingerprint density at radius 1 is 0.926 bits per heavy atom. The van der Waals surface area contributed by atoms with Crippen molar-refractivity contribution in [1.29, 1.82) is 0 Å². The summed E-state index contributed by atoms with van der Waals surface area (Å²) < 4.78 is 26.9. The van der Waals surface area contributed by atoms with E-state index in [1.54, 1.807) is 6.07 Å². The number of rotatable bonds is 5. The molecule has 1 aromatic carbocycles. The van der Waals surface area contributed by atoms with Crippen LogP contribution >= 0.6 is 11.6 Å². The molecule has 0 aliphatic rings. The lowest BCUT2D eigenvalue weighted by atomic mass is 10.3. The van der Waals surface area contributed by atoms with Crippen LogP contribution in [-0.2, 0) is 0 Å². The number of nitrogens with one attached hydrogen (secondary N) is 2. The second-order valence-corrected chi connectivity index (χ2v) is 6.42. The van der Waals surface area contributed by atoms with Gasteiger partial charge in [0, 0.05) is 22.8 Å². The van der Waals surface area contributed by atoms with Gasteiger partial charge in [0.1, 0.15) is 23.1 Å². The average Bonchev–Trinajstić information content (AvgIpc) is 2.52. The molecule has 3 aromatic rings. The number of hydrogen-bond donors (Lipinski definition) is 3. The summed E-state index contributed by atoms with van der Waals surface area (Å²) in [7, 11) is 0. The number of halogens is 3. The first-order valence-corrected chi connectivity index (χ1v) is 8.35. The Labute approximate surface area is 159 Å². The van der Waals surface area contributed by atoms with Gasteiger partial charge in [-0.05, 0) is 38.1 Å². The van der Waals surface area contributed by atoms with Gasteiger partial charge >= 0.3 is 0 Å². The molecule has 140 valence electrons. The molecular formula is C17H16ClF2N7. The van der Waals surface area contributed by atoms with Crippen molar-refractivity contribution in [2.24, 2.45) is 0 Å². The highest BCUT2D eigenvalue weighted by Crippen LogP contribution is 2.23. The highest BCUT2D eigenvalue weighted by atomic mass is 35.5. The first-order valence-electron chi connectivity index (χ1n) is 7.97. The zero-order valence-corrected chi connectivity index (χ0v) is 15.2. The number of pyridine rings is 1. The van der Waals surface area contributed by atoms with Crippen LogP contribution in [0.25, 0.3) is 11.5 Å². The second-order valence-electron chi connectivity index (χ2n) is 5.98. The van der Waals surface area contributed by atoms with E-state index in [0.717, 1.165) is 18.2 Å². The molecule has 4 N–H and O–H groups in total. The van der Waals surface area contributed by atoms with Gasteiger partial charge in [-0.15, -0.1) is 0 Å². The largest absolute Gasteiger partial charge is 0.384 e. The Bertz CT molecular complexity index is 941. The molecule has 0 atom stereocenters. The molecule has 0 spiro atoms. The van der Waals surface area contributed by atoms with Crippen molar-refractivity contribution in [3.05, 3.63) is 47.0 Å². The lowest BCUT2D eigenvalue weighted by Crippen LogP contribution is -2.14. The van der Waals surface area contributed by atoms with Crippen molar-refractivity contribution in [2.75, 3.05) is 16.4 Å². The van der Waals surface area contributed by atoms with E-state index in [-0.39, 0.29) is 35.3 Å². The van der Waals surface area contributed by atoms with Gasteiger partial charge in [0.2, 0.25) is 11.9 Å². The zero-order valence-electron chi connectivity index (χ0n) is 14.5. The fourth-order valence-corrected chi connectivity index (χ4v) is 2.47. The number of nitrogens with zero attached hydrogens (tertiary/aromatic N) is 4. The Balaban J connectivity index is 2.04. The quantitative estimate of drug-likeness (QED) is 0.603. The predicted molar refractivity (Wildman–Crippen MR) is 101 cm³/mol. The van der Waals surface area contributed by atoms with Crippen molar-refractivity contribution in [3.63, 3.8) is 0 Å². The summed E-state index contributed by atoms with van der Waals surface area (Å²) in [5.41, 5.74) is 6.22. The molecule has 0 radical (unpaired) electrons. The Hall–Kier alpha value is -3.07. The first kappa shape index (κ1) is 18.7. The number of benzene rings is 1. The van der Waals surface area contributed by atoms with Crippen LogP contribution < -0.4 is 16.4 Å². The van der Waals surface area contributed by atoms with Crippen molar-refractivity contribution in [2.45, 2.75) is 19.9 Å². The number of aromatic nitrogens is 4. The van der Waals surface area contributed by atoms with Crippen molar-refractivity contribution in [1.82, 2.24) is 19.9 Å². The van der Waals surface area contributed by atoms with Gasteiger partial charge < -0.3 is 16.4 Å². The minimum absolute atomic E-state index is 0.0390. The molecule has 0 aliphatic carbocycles. The summed E-state index contributed by atoms with van der Waals surface area (Å²) in [6.45, 7) is 3.82. The van der Waals surface area contributed by atoms with Gasteiger partial charge in [-0.1, -0.05) is 11.6 Å². The van der Waals surface area contributed by atoms with Crippen LogP contribution in [0.4, 0.5) is 32.2 Å². The van der Waals surface area contributed by atoms with Crippen LogP contribution in [0.3, 0.4) is 0 Å². The predicted octanol–water partition coefficient (Wildman–Crippen LogP) is 4.01. The summed E-state index contributed by atoms with van der Waals surface area (Å²) >= 11 is 6.02. The molecule has 10 heteroatoms. The molecule has 0 saturated heterocycles. The van der Waals surface area contributed by atoms with Crippen molar-refractivity contribution < 1.29 is 8.78 Å². The van der Waals surface area contributed by atoms with E-state index < -0.39 is 11.6 Å². The maximum absolute atomic E-state index is 13.4. The van der Waals surface area contributed by atoms with Crippen molar-refractivity contribution in [3.8, 4) is 11.5 Å². The van der Waals surface area contributed by atoms with Gasteiger partial charge in [0.05, 0.1) is 0 Å². The molecule has 0 saturated carbocycles. The topological polar surface area (TPSA) is 102 Å². The Morgan fingerprint density at radius 3 is 2.22 bits per heavy atom. The Morgan fingerprint density at radius 2 is 1.59 bits per heavy atom. The first-order chi connectivity index (χ1) is 12.8. The third-order valence-electron chi connectivity index (χ3n) is 3.21. The van der Waals surface area contributed by atoms with Crippen LogP contribution in [0.2, 0.25) is 5.02 Å². The molecule has 0 amide bonds. The van der Waals surface area contributed by atoms with E-state index in [2.05, 4.69) is 30.6 Å². The third kappa shape index (κ3) is 4.98. The highest BCUT2D eigenvalue weighted by molar-refractivity contribution is 6.31. The van der Waals surface area contributed by atoms with Gasteiger partial charge in [-0.2, -0.15) is 15.0 Å². The summed E-state index contributed by atoms with van der Waals surface area (Å²) in [6, 6.07) is 6.10. The van der Waals surface area contributed by atoms with E-state index in [1.165, 1.54) is 6.07 Å². The average molecular weight is 392 g/mol. The molecule has 2 aromatic heterocycles. The summed E-state index contributed by atoms with van der Waals surface area (Å²) in [5.74, 6) is -0.712. The molecule has 27 heavy (non-hydrogen) atoms. The third-order valence-corrected chi connectivity index (χ3v) is 3.43. The number of nitrogens with two attached hydrogens (primary N) is 1. The van der Waals surface area contributed by atoms with Crippen molar-refractivity contribution >= 4 is 35.0 Å². The fraction of sp³-hybridized carbons (Fsp3) is 0.176. The Kier molecular flexibility index (Phi) is 5.31. The van der Waals surface area contributed by atoms with Crippen LogP contribution in [0, 0.1) is 11.6 Å². The summed E-state index contributed by atoms with van der Waals surface area (Å²) in [4.78, 5) is 16.9. The van der Waals surface area contributed by atoms with Crippen LogP contribution in [0.5, 0.6) is 0 Å². The van der Waals surface area contributed by atoms with Gasteiger partial charge in [-0.25, -0.2) is 13.8 Å². The standard InChI is InChI=1S/C17H16ClF2N7/c1-8(2)22-16-25-15(13-3-9(18)4-14(21)24-13)26-17(27-16)23-12-6-10(19)5-11(20)7-12/h3-8H,1-2H3,(H2,21,24)(H2,22,23,25,26,27).